The van der Waals surface area contributed by atoms with Crippen LogP contribution in [0.3, 0.4) is 0 Å². The van der Waals surface area contributed by atoms with Gasteiger partial charge in [0, 0.05) is 22.7 Å². The van der Waals surface area contributed by atoms with Crippen LogP contribution in [0, 0.1) is 100 Å². The van der Waals surface area contributed by atoms with Crippen molar-refractivity contribution in [3.8, 4) is 0 Å². The SMILES string of the molecule is CC1(C)CC[C@]2(C(=O)CO)CC[C@]3(C)C(=CC[C@@H]4[C@@]5(C)CC/C(=N\O)C(C)(C)[C@@H]5CC[C@]43C)[C@@H]2C1.CC1(C)CC[C@]2(C(=O)O)CC[C@]3(C)C(=CC[C@@H]4[C@@]5(C)CCC(=O)C(C)(C)[C@@H]5CC[C@]43C)[C@@H]2C1.I[I-]I. The van der Waals surface area contributed by atoms with Gasteiger partial charge < -0.3 is 15.4 Å². The quantitative estimate of drug-likeness (QED) is 0.112. The Kier molecular flexibility index (Phi) is 15.1. The number of oxime groups is 1. The van der Waals surface area contributed by atoms with E-state index in [1.807, 2.05) is 0 Å². The van der Waals surface area contributed by atoms with Crippen molar-refractivity contribution in [2.75, 3.05) is 6.61 Å². The molecule has 10 heteroatoms. The number of Topliss-reactive ketones (excluding diaryl/α,β-unsaturated/α-hetero) is 2. The van der Waals surface area contributed by atoms with Crippen LogP contribution >= 0.6 is 37.2 Å². The van der Waals surface area contributed by atoms with Gasteiger partial charge in [0.25, 0.3) is 0 Å². The van der Waals surface area contributed by atoms with Gasteiger partial charge in [-0.1, -0.05) is 125 Å². The molecule has 7 nitrogen and oxygen atoms in total. The van der Waals surface area contributed by atoms with Crippen LogP contribution in [0.5, 0.6) is 0 Å². The summed E-state index contributed by atoms with van der Waals surface area (Å²) in [4.78, 5) is 39.0. The van der Waals surface area contributed by atoms with Gasteiger partial charge in [0.05, 0.1) is 11.1 Å². The van der Waals surface area contributed by atoms with Crippen LogP contribution in [0.15, 0.2) is 28.5 Å². The average molecular weight is 1320 g/mol. The summed E-state index contributed by atoms with van der Waals surface area (Å²) in [7, 11) is 0. The van der Waals surface area contributed by atoms with Crippen LogP contribution < -0.4 is 13.3 Å². The molecule has 3 N–H and O–H groups in total. The van der Waals surface area contributed by atoms with Gasteiger partial charge in [-0.15, -0.1) is 0 Å². The molecule has 8 fully saturated rings. The van der Waals surface area contributed by atoms with Gasteiger partial charge in [0.1, 0.15) is 12.4 Å². The summed E-state index contributed by atoms with van der Waals surface area (Å²) >= 11 is 5.30. The number of aliphatic hydroxyl groups excluding tert-OH is 1. The Morgan fingerprint density at radius 2 is 1.00 bits per heavy atom. The molecule has 71 heavy (non-hydrogen) atoms. The number of hydrogen-bond acceptors (Lipinski definition) is 6. The zero-order chi connectivity index (χ0) is 52.6. The average Bonchev–Trinajstić information content (AvgIpc) is 3.28. The summed E-state index contributed by atoms with van der Waals surface area (Å²) in [5.74, 6) is 2.58. The van der Waals surface area contributed by atoms with Crippen molar-refractivity contribution in [2.45, 2.75) is 225 Å². The van der Waals surface area contributed by atoms with E-state index in [4.69, 9.17) is 0 Å². The molecule has 0 aliphatic heterocycles. The van der Waals surface area contributed by atoms with E-state index >= 15 is 0 Å². The maximum absolute atomic E-state index is 13.3. The van der Waals surface area contributed by atoms with Gasteiger partial charge in [0.2, 0.25) is 0 Å². The third kappa shape index (κ3) is 8.23. The van der Waals surface area contributed by atoms with Crippen molar-refractivity contribution in [2.24, 2.45) is 106 Å². The Balaban J connectivity index is 0.000000181. The number of carbonyl (C=O) groups excluding carboxylic acids is 2. The summed E-state index contributed by atoms with van der Waals surface area (Å²) in [6, 6.07) is 0. The number of halogens is 3. The van der Waals surface area contributed by atoms with Crippen LogP contribution in [0.1, 0.15) is 225 Å². The van der Waals surface area contributed by atoms with Gasteiger partial charge in [-0.25, -0.2) is 0 Å². The topological polar surface area (TPSA) is 124 Å². The molecule has 0 radical (unpaired) electrons. The first-order chi connectivity index (χ1) is 32.8. The summed E-state index contributed by atoms with van der Waals surface area (Å²) in [5.41, 5.74) is 4.18. The van der Waals surface area contributed by atoms with Crippen molar-refractivity contribution in [1.82, 2.24) is 0 Å². The first-order valence-corrected chi connectivity index (χ1v) is 40.8. The Labute approximate surface area is 460 Å². The molecule has 0 heterocycles. The fourth-order valence-corrected chi connectivity index (χ4v) is 21.3. The fraction of sp³-hybridized carbons (Fsp3) is 0.869. The summed E-state index contributed by atoms with van der Waals surface area (Å²) in [6.07, 6.45) is 25.4. The molecular weight excluding hydrogens is 1220 g/mol. The van der Waals surface area contributed by atoms with Crippen LogP contribution in [-0.2, 0) is 14.4 Å². The number of aliphatic carboxylic acids is 1. The second kappa shape index (κ2) is 18.8. The summed E-state index contributed by atoms with van der Waals surface area (Å²) in [5, 5.41) is 34.0. The minimum absolute atomic E-state index is 0.0620. The molecule has 402 valence electrons. The van der Waals surface area contributed by atoms with Crippen molar-refractivity contribution < 1.29 is 43.1 Å². The zero-order valence-electron chi connectivity index (χ0n) is 46.6. The molecule has 14 atom stereocenters. The van der Waals surface area contributed by atoms with E-state index in [0.29, 0.717) is 42.7 Å². The fourth-order valence-electron chi connectivity index (χ4n) is 21.3. The van der Waals surface area contributed by atoms with Crippen molar-refractivity contribution in [1.29, 1.82) is 0 Å². The van der Waals surface area contributed by atoms with E-state index in [1.165, 1.54) is 24.8 Å². The summed E-state index contributed by atoms with van der Waals surface area (Å²) in [6.45, 7) is 33.4. The molecule has 10 rings (SSSR count). The monoisotopic (exact) mass is 1320 g/mol. The van der Waals surface area contributed by atoms with Crippen molar-refractivity contribution in [3.05, 3.63) is 23.3 Å². The number of ketones is 2. The number of carboxylic acids is 1. The third-order valence-electron chi connectivity index (χ3n) is 26.0. The minimum atomic E-state index is -0.565. The van der Waals surface area contributed by atoms with E-state index in [1.54, 1.807) is 5.57 Å². The number of carboxylic acid groups (broad SMARTS) is 1. The molecule has 0 aromatic carbocycles. The molecule has 10 aliphatic carbocycles. The molecule has 0 spiro atoms. The normalized spacial score (nSPS) is 47.9. The van der Waals surface area contributed by atoms with Gasteiger partial charge in [-0.05, 0) is 201 Å². The van der Waals surface area contributed by atoms with E-state index in [9.17, 15) is 29.8 Å². The molecule has 0 bridgehead atoms. The molecular formula is C61H95I3NO6-. The second-order valence-corrected chi connectivity index (χ2v) is 46.3. The predicted octanol–water partition coefficient (Wildman–Crippen LogP) is 13.4. The number of rotatable bonds is 3. The Bertz CT molecular complexity index is 2250. The molecule has 0 aromatic rings. The van der Waals surface area contributed by atoms with E-state index < -0.39 is 11.4 Å². The van der Waals surface area contributed by atoms with Gasteiger partial charge >= 0.3 is 56.5 Å². The molecule has 8 saturated carbocycles. The molecule has 0 aromatic heterocycles. The number of carbonyl (C=O) groups is 3. The standard InChI is InChI=1S/C31H49NO3.C30H46O3.I3/c1-26(2)14-16-31(25(34)19-33)17-15-29(6)20(21(31)18-26)8-9-23-28(5)12-11-24(32-35)27(3,4)22(28)10-13-30(23,29)7;1-25(2)14-16-30(24(32)33)17-15-28(6)19(20(30)18-25)8-9-22-27(5)12-11-23(31)26(3,4)21(27)10-13-29(22,28)7;1-3-2/h8,21-23,33,35H,9-19H2,1-7H3;8,20-22H,9-18H2,1-7H3,(H,32,33);/q;;-1/b32-24+;;/t21-,22-,23+,28-,29+,30+,31-;20-,21-,22+,27-,28+,29+,30-;/m00./s1. The van der Waals surface area contributed by atoms with Crippen LogP contribution in [0.25, 0.3) is 0 Å². The maximum atomic E-state index is 13.3. The van der Waals surface area contributed by atoms with Crippen molar-refractivity contribution in [3.63, 3.8) is 0 Å². The number of nitrogens with zero attached hydrogens (tertiary/aromatic N) is 1. The number of hydrogen-bond donors (Lipinski definition) is 3. The molecule has 10 aliphatic rings. The second-order valence-electron chi connectivity index (χ2n) is 30.1. The van der Waals surface area contributed by atoms with Gasteiger partial charge in [-0.2, -0.15) is 0 Å². The molecule has 0 saturated heterocycles. The van der Waals surface area contributed by atoms with Gasteiger partial charge in [0.15, 0.2) is 5.78 Å². The molecule has 0 unspecified atom stereocenters. The van der Waals surface area contributed by atoms with E-state index in [2.05, 4.69) is 151 Å². The van der Waals surface area contributed by atoms with Crippen molar-refractivity contribution >= 4 is 60.5 Å². The number of allylic oxidation sites excluding steroid dienone is 4. The van der Waals surface area contributed by atoms with Gasteiger partial charge in [-0.3, -0.25) is 14.4 Å². The number of aliphatic hydroxyl groups is 1. The van der Waals surface area contributed by atoms with Crippen LogP contribution in [0.2, 0.25) is 0 Å². The van der Waals surface area contributed by atoms with E-state index in [0.717, 1.165) is 115 Å². The molecule has 0 amide bonds. The first-order valence-electron chi connectivity index (χ1n) is 28.2. The zero-order valence-corrected chi connectivity index (χ0v) is 53.1. The summed E-state index contributed by atoms with van der Waals surface area (Å²) < 4.78 is 0. The first kappa shape index (κ1) is 57.1. The Hall–Kier alpha value is -0.0900. The number of fused-ring (bicyclic) bond motifs is 14. The van der Waals surface area contributed by atoms with Crippen LogP contribution in [0.4, 0.5) is 0 Å². The predicted molar refractivity (Wildman–Crippen MR) is 300 cm³/mol. The third-order valence-corrected chi connectivity index (χ3v) is 26.0. The Morgan fingerprint density at radius 3 is 1.45 bits per heavy atom. The van der Waals surface area contributed by atoms with Crippen LogP contribution in [-0.4, -0.2) is 45.3 Å². The van der Waals surface area contributed by atoms with E-state index in [-0.39, 0.29) is 83.8 Å². The Morgan fingerprint density at radius 1 is 0.592 bits per heavy atom.